The molecule has 8 heteroatoms. The fourth-order valence-electron chi connectivity index (χ4n) is 4.16. The molecule has 29 heavy (non-hydrogen) atoms. The highest BCUT2D eigenvalue weighted by molar-refractivity contribution is 7.89. The number of sulfonamides is 1. The summed E-state index contributed by atoms with van der Waals surface area (Å²) in [4.78, 5) is 14.2. The fraction of sp³-hybridized carbons (Fsp3) is 0.381. The number of piperazine rings is 1. The highest BCUT2D eigenvalue weighted by Gasteiger charge is 2.32. The number of aryl methyl sites for hydroxylation is 1. The molecule has 0 spiro atoms. The molecule has 1 atom stereocenters. The summed E-state index contributed by atoms with van der Waals surface area (Å²) in [7, 11) is -3.92. The Morgan fingerprint density at radius 3 is 2.45 bits per heavy atom. The van der Waals surface area contributed by atoms with E-state index >= 15 is 0 Å². The van der Waals surface area contributed by atoms with Crippen LogP contribution < -0.4 is 0 Å². The van der Waals surface area contributed by atoms with E-state index in [4.69, 9.17) is 0 Å². The molecule has 5 nitrogen and oxygen atoms in total. The lowest BCUT2D eigenvalue weighted by Gasteiger charge is -2.34. The van der Waals surface area contributed by atoms with Crippen LogP contribution in [0.15, 0.2) is 47.4 Å². The first-order valence-corrected chi connectivity index (χ1v) is 11.1. The van der Waals surface area contributed by atoms with E-state index in [-0.39, 0.29) is 42.9 Å². The Hall–Kier alpha value is -2.32. The number of rotatable bonds is 4. The SMILES string of the molecule is O=C(CC1CCc2ccccc21)N1CCN(S(=O)(=O)c2ccc(F)c(F)c2)CC1. The van der Waals surface area contributed by atoms with E-state index in [2.05, 4.69) is 12.1 Å². The van der Waals surface area contributed by atoms with Crippen molar-refractivity contribution in [2.24, 2.45) is 0 Å². The minimum absolute atomic E-state index is 0.0246. The van der Waals surface area contributed by atoms with E-state index in [1.165, 1.54) is 15.4 Å². The molecule has 1 saturated heterocycles. The van der Waals surface area contributed by atoms with Crippen LogP contribution in [0.4, 0.5) is 8.78 Å². The minimum atomic E-state index is -3.92. The van der Waals surface area contributed by atoms with Crippen molar-refractivity contribution in [1.82, 2.24) is 9.21 Å². The molecule has 0 N–H and O–H groups in total. The van der Waals surface area contributed by atoms with Gasteiger partial charge in [0, 0.05) is 32.6 Å². The maximum Gasteiger partial charge on any atom is 0.243 e. The van der Waals surface area contributed by atoms with Crippen LogP contribution in [0.3, 0.4) is 0 Å². The molecule has 2 aromatic rings. The van der Waals surface area contributed by atoms with Gasteiger partial charge in [-0.15, -0.1) is 0 Å². The largest absolute Gasteiger partial charge is 0.340 e. The van der Waals surface area contributed by atoms with Gasteiger partial charge in [-0.25, -0.2) is 17.2 Å². The molecule has 1 heterocycles. The van der Waals surface area contributed by atoms with E-state index in [0.717, 1.165) is 25.0 Å². The van der Waals surface area contributed by atoms with Crippen LogP contribution in [-0.2, 0) is 21.2 Å². The number of carbonyl (C=O) groups is 1. The van der Waals surface area contributed by atoms with E-state index in [9.17, 15) is 22.0 Å². The molecular weight excluding hydrogens is 398 g/mol. The number of halogens is 2. The molecule has 1 unspecified atom stereocenters. The van der Waals surface area contributed by atoms with Crippen LogP contribution >= 0.6 is 0 Å². The minimum Gasteiger partial charge on any atom is -0.340 e. The zero-order valence-electron chi connectivity index (χ0n) is 15.9. The van der Waals surface area contributed by atoms with Crippen molar-refractivity contribution in [3.05, 3.63) is 65.2 Å². The Bertz CT molecular complexity index is 1030. The summed E-state index contributed by atoms with van der Waals surface area (Å²) in [6, 6.07) is 10.7. The zero-order chi connectivity index (χ0) is 20.6. The summed E-state index contributed by atoms with van der Waals surface area (Å²) >= 11 is 0. The maximum atomic E-state index is 13.4. The molecule has 1 fully saturated rings. The third-order valence-corrected chi connectivity index (χ3v) is 7.69. The predicted octanol–water partition coefficient (Wildman–Crippen LogP) is 2.92. The number of benzene rings is 2. The lowest BCUT2D eigenvalue weighted by atomic mass is 9.97. The monoisotopic (exact) mass is 420 g/mol. The summed E-state index contributed by atoms with van der Waals surface area (Å²) in [5, 5.41) is 0. The number of carbonyl (C=O) groups excluding carboxylic acids is 1. The average Bonchev–Trinajstić information content (AvgIpc) is 3.13. The molecule has 0 saturated carbocycles. The van der Waals surface area contributed by atoms with Crippen LogP contribution in [0.2, 0.25) is 0 Å². The zero-order valence-corrected chi connectivity index (χ0v) is 16.7. The molecule has 2 aliphatic rings. The van der Waals surface area contributed by atoms with Gasteiger partial charge in [-0.1, -0.05) is 24.3 Å². The van der Waals surface area contributed by atoms with Crippen LogP contribution in [0.25, 0.3) is 0 Å². The third-order valence-electron chi connectivity index (χ3n) is 5.80. The van der Waals surface area contributed by atoms with Gasteiger partial charge in [-0.05, 0) is 48.1 Å². The first-order valence-electron chi connectivity index (χ1n) is 9.67. The number of amides is 1. The molecule has 2 aromatic carbocycles. The first-order chi connectivity index (χ1) is 13.9. The average molecular weight is 420 g/mol. The van der Waals surface area contributed by atoms with Crippen molar-refractivity contribution in [3.63, 3.8) is 0 Å². The standard InChI is InChI=1S/C21H22F2N2O3S/c22-19-8-7-17(14-20(19)23)29(27,28)25-11-9-24(10-12-25)21(26)13-16-6-5-15-3-1-2-4-18(15)16/h1-4,7-8,14,16H,5-6,9-13H2. The topological polar surface area (TPSA) is 57.7 Å². The van der Waals surface area contributed by atoms with Gasteiger partial charge in [-0.2, -0.15) is 4.31 Å². The van der Waals surface area contributed by atoms with Gasteiger partial charge in [0.15, 0.2) is 11.6 Å². The van der Waals surface area contributed by atoms with Crippen molar-refractivity contribution in [1.29, 1.82) is 0 Å². The lowest BCUT2D eigenvalue weighted by molar-refractivity contribution is -0.132. The first kappa shape index (κ1) is 20.0. The second kappa shape index (κ2) is 7.84. The van der Waals surface area contributed by atoms with E-state index < -0.39 is 21.7 Å². The van der Waals surface area contributed by atoms with Crippen LogP contribution in [0.1, 0.15) is 29.9 Å². The van der Waals surface area contributed by atoms with E-state index in [0.29, 0.717) is 12.5 Å². The number of fused-ring (bicyclic) bond motifs is 1. The summed E-state index contributed by atoms with van der Waals surface area (Å²) < 4.78 is 53.1. The van der Waals surface area contributed by atoms with Gasteiger partial charge in [0.05, 0.1) is 4.90 Å². The van der Waals surface area contributed by atoms with Crippen LogP contribution in [0, 0.1) is 11.6 Å². The molecule has 0 radical (unpaired) electrons. The molecule has 154 valence electrons. The Morgan fingerprint density at radius 1 is 1.00 bits per heavy atom. The van der Waals surface area contributed by atoms with Crippen molar-refractivity contribution in [2.75, 3.05) is 26.2 Å². The maximum absolute atomic E-state index is 13.4. The summed E-state index contributed by atoms with van der Waals surface area (Å²) in [6.45, 7) is 0.842. The van der Waals surface area contributed by atoms with Gasteiger partial charge < -0.3 is 4.90 Å². The number of hydrogen-bond donors (Lipinski definition) is 0. The summed E-state index contributed by atoms with van der Waals surface area (Å²) in [5.41, 5.74) is 2.54. The highest BCUT2D eigenvalue weighted by atomic mass is 32.2. The number of nitrogens with zero attached hydrogens (tertiary/aromatic N) is 2. The quantitative estimate of drug-likeness (QED) is 0.764. The molecule has 0 aromatic heterocycles. The number of hydrogen-bond acceptors (Lipinski definition) is 3. The normalized spacial score (nSPS) is 19.9. The Morgan fingerprint density at radius 2 is 1.72 bits per heavy atom. The molecular formula is C21H22F2N2O3S. The predicted molar refractivity (Wildman–Crippen MR) is 104 cm³/mol. The van der Waals surface area contributed by atoms with Gasteiger partial charge in [0.2, 0.25) is 15.9 Å². The molecule has 4 rings (SSSR count). The van der Waals surface area contributed by atoms with Crippen LogP contribution in [-0.4, -0.2) is 49.7 Å². The van der Waals surface area contributed by atoms with E-state index in [1.807, 2.05) is 12.1 Å². The van der Waals surface area contributed by atoms with Crippen molar-refractivity contribution >= 4 is 15.9 Å². The molecule has 1 amide bonds. The highest BCUT2D eigenvalue weighted by Crippen LogP contribution is 2.35. The lowest BCUT2D eigenvalue weighted by Crippen LogP contribution is -2.50. The summed E-state index contributed by atoms with van der Waals surface area (Å²) in [5.74, 6) is -2.05. The van der Waals surface area contributed by atoms with Crippen molar-refractivity contribution in [2.45, 2.75) is 30.1 Å². The third kappa shape index (κ3) is 3.91. The van der Waals surface area contributed by atoms with Gasteiger partial charge in [0.25, 0.3) is 0 Å². The molecule has 1 aliphatic carbocycles. The van der Waals surface area contributed by atoms with Gasteiger partial charge in [-0.3, -0.25) is 4.79 Å². The Balaban J connectivity index is 1.38. The molecule has 1 aliphatic heterocycles. The van der Waals surface area contributed by atoms with E-state index in [1.54, 1.807) is 4.90 Å². The molecule has 0 bridgehead atoms. The van der Waals surface area contributed by atoms with Crippen molar-refractivity contribution < 1.29 is 22.0 Å². The summed E-state index contributed by atoms with van der Waals surface area (Å²) in [6.07, 6.45) is 2.36. The van der Waals surface area contributed by atoms with Gasteiger partial charge in [0.1, 0.15) is 0 Å². The Kier molecular flexibility index (Phi) is 5.40. The van der Waals surface area contributed by atoms with Gasteiger partial charge >= 0.3 is 0 Å². The van der Waals surface area contributed by atoms with Crippen LogP contribution in [0.5, 0.6) is 0 Å². The van der Waals surface area contributed by atoms with Crippen molar-refractivity contribution in [3.8, 4) is 0 Å². The second-order valence-corrected chi connectivity index (χ2v) is 9.44. The second-order valence-electron chi connectivity index (χ2n) is 7.50. The smallest absolute Gasteiger partial charge is 0.243 e. The Labute approximate surface area is 169 Å². The fourth-order valence-corrected chi connectivity index (χ4v) is 5.60.